The second-order valence-electron chi connectivity index (χ2n) is 3.26. The summed E-state index contributed by atoms with van der Waals surface area (Å²) in [6, 6.07) is 6.75. The van der Waals surface area contributed by atoms with Gasteiger partial charge in [-0.2, -0.15) is 0 Å². The average Bonchev–Trinajstić information content (AvgIpc) is 2.17. The lowest BCUT2D eigenvalue weighted by Gasteiger charge is -2.06. The van der Waals surface area contributed by atoms with Crippen LogP contribution in [0.25, 0.3) is 0 Å². The summed E-state index contributed by atoms with van der Waals surface area (Å²) in [5.74, 6) is 0.250. The minimum absolute atomic E-state index is 0.209. The zero-order chi connectivity index (χ0) is 12.0. The summed E-state index contributed by atoms with van der Waals surface area (Å²) >= 11 is 0. The predicted molar refractivity (Wildman–Crippen MR) is 58.5 cm³/mol. The monoisotopic (exact) mass is 222 g/mol. The van der Waals surface area contributed by atoms with Crippen molar-refractivity contribution in [2.75, 3.05) is 6.61 Å². The Kier molecular flexibility index (Phi) is 4.51. The van der Waals surface area contributed by atoms with Gasteiger partial charge in [-0.25, -0.2) is 0 Å². The molecule has 16 heavy (non-hydrogen) atoms. The second kappa shape index (κ2) is 5.90. The van der Waals surface area contributed by atoms with E-state index in [1.165, 1.54) is 6.92 Å². The molecule has 0 aliphatic heterocycles. The number of carbonyl (C=O) groups excluding carboxylic acids is 2. The molecule has 4 heteroatoms. The number of Topliss-reactive ketones (excluding diaryl/α,β-unsaturated/α-hetero) is 1. The van der Waals surface area contributed by atoms with E-state index in [9.17, 15) is 9.59 Å². The van der Waals surface area contributed by atoms with Crippen LogP contribution in [0.15, 0.2) is 24.3 Å². The minimum atomic E-state index is -0.554. The lowest BCUT2D eigenvalue weighted by Crippen LogP contribution is -2.11. The maximum atomic E-state index is 11.2. The molecule has 0 aromatic heterocycles. The molecule has 0 saturated heterocycles. The molecule has 0 N–H and O–H groups in total. The third-order valence-electron chi connectivity index (χ3n) is 1.74. The predicted octanol–water partition coefficient (Wildman–Crippen LogP) is 1.97. The topological polar surface area (TPSA) is 52.6 Å². The Balaban J connectivity index is 2.62. The number of benzene rings is 1. The number of hydrogen-bond acceptors (Lipinski definition) is 4. The van der Waals surface area contributed by atoms with Gasteiger partial charge < -0.3 is 9.47 Å². The summed E-state index contributed by atoms with van der Waals surface area (Å²) in [6.07, 6.45) is -0.209. The molecular weight excluding hydrogens is 208 g/mol. The van der Waals surface area contributed by atoms with Gasteiger partial charge in [-0.05, 0) is 26.0 Å². The van der Waals surface area contributed by atoms with Gasteiger partial charge in [0.2, 0.25) is 0 Å². The molecule has 0 aliphatic carbocycles. The van der Waals surface area contributed by atoms with Crippen LogP contribution in [-0.2, 0) is 9.59 Å². The molecule has 0 bridgehead atoms. The third kappa shape index (κ3) is 4.13. The quantitative estimate of drug-likeness (QED) is 0.434. The van der Waals surface area contributed by atoms with Crippen molar-refractivity contribution in [3.63, 3.8) is 0 Å². The smallest absolute Gasteiger partial charge is 0.318 e. The molecule has 0 spiro atoms. The Hall–Kier alpha value is -1.84. The summed E-state index contributed by atoms with van der Waals surface area (Å²) in [4.78, 5) is 21.9. The van der Waals surface area contributed by atoms with Gasteiger partial charge in [-0.1, -0.05) is 6.07 Å². The number of rotatable bonds is 5. The van der Waals surface area contributed by atoms with Crippen molar-refractivity contribution in [1.29, 1.82) is 0 Å². The van der Waals surface area contributed by atoms with Crippen LogP contribution < -0.4 is 9.47 Å². The summed E-state index contributed by atoms with van der Waals surface area (Å²) in [5, 5.41) is 0. The normalized spacial score (nSPS) is 9.62. The van der Waals surface area contributed by atoms with Crippen LogP contribution in [0.3, 0.4) is 0 Å². The molecule has 0 atom stereocenters. The van der Waals surface area contributed by atoms with Crippen LogP contribution >= 0.6 is 0 Å². The van der Waals surface area contributed by atoms with Crippen molar-refractivity contribution in [3.8, 4) is 11.5 Å². The number of esters is 1. The fraction of sp³-hybridized carbons (Fsp3) is 0.333. The van der Waals surface area contributed by atoms with Crippen molar-refractivity contribution in [2.24, 2.45) is 0 Å². The average molecular weight is 222 g/mol. The van der Waals surface area contributed by atoms with Gasteiger partial charge >= 0.3 is 5.97 Å². The van der Waals surface area contributed by atoms with E-state index in [1.807, 2.05) is 6.92 Å². The molecule has 0 aliphatic rings. The largest absolute Gasteiger partial charge is 0.494 e. The first kappa shape index (κ1) is 12.2. The van der Waals surface area contributed by atoms with E-state index in [2.05, 4.69) is 0 Å². The molecule has 1 aromatic carbocycles. The highest BCUT2D eigenvalue weighted by Crippen LogP contribution is 2.19. The van der Waals surface area contributed by atoms with Crippen LogP contribution in [0.5, 0.6) is 11.5 Å². The van der Waals surface area contributed by atoms with E-state index >= 15 is 0 Å². The molecule has 1 aromatic rings. The number of hydrogen-bond donors (Lipinski definition) is 0. The number of carbonyl (C=O) groups is 2. The summed E-state index contributed by atoms with van der Waals surface area (Å²) in [6.45, 7) is 3.76. The van der Waals surface area contributed by atoms with Gasteiger partial charge in [-0.15, -0.1) is 0 Å². The molecule has 1 rings (SSSR count). The van der Waals surface area contributed by atoms with Gasteiger partial charge in [0.25, 0.3) is 0 Å². The number of ether oxygens (including phenoxy) is 2. The molecular formula is C12H14O4. The van der Waals surface area contributed by atoms with Crippen LogP contribution in [0.4, 0.5) is 0 Å². The summed E-state index contributed by atoms with van der Waals surface area (Å²) in [7, 11) is 0. The Bertz CT molecular complexity index is 384. The SMILES string of the molecule is CCOc1cccc(OC(=O)CC(C)=O)c1. The van der Waals surface area contributed by atoms with Gasteiger partial charge in [0.1, 0.15) is 23.7 Å². The second-order valence-corrected chi connectivity index (χ2v) is 3.26. The van der Waals surface area contributed by atoms with Crippen LogP contribution in [0.1, 0.15) is 20.3 Å². The molecule has 0 heterocycles. The molecule has 86 valence electrons. The molecule has 0 unspecified atom stereocenters. The lowest BCUT2D eigenvalue weighted by atomic mass is 10.3. The van der Waals surface area contributed by atoms with E-state index in [0.717, 1.165) is 0 Å². The van der Waals surface area contributed by atoms with E-state index in [1.54, 1.807) is 24.3 Å². The van der Waals surface area contributed by atoms with E-state index in [0.29, 0.717) is 18.1 Å². The highest BCUT2D eigenvalue weighted by atomic mass is 16.5. The van der Waals surface area contributed by atoms with E-state index in [4.69, 9.17) is 9.47 Å². The van der Waals surface area contributed by atoms with Crippen LogP contribution in [0.2, 0.25) is 0 Å². The molecule has 0 amide bonds. The molecule has 0 radical (unpaired) electrons. The van der Waals surface area contributed by atoms with Crippen LogP contribution in [0, 0.1) is 0 Å². The Morgan fingerprint density at radius 3 is 2.56 bits per heavy atom. The summed E-state index contributed by atoms with van der Waals surface area (Å²) in [5.41, 5.74) is 0. The first-order valence-electron chi connectivity index (χ1n) is 5.04. The van der Waals surface area contributed by atoms with Crippen LogP contribution in [-0.4, -0.2) is 18.4 Å². The zero-order valence-electron chi connectivity index (χ0n) is 9.36. The molecule has 4 nitrogen and oxygen atoms in total. The third-order valence-corrected chi connectivity index (χ3v) is 1.74. The standard InChI is InChI=1S/C12H14O4/c1-3-15-10-5-4-6-11(8-10)16-12(14)7-9(2)13/h4-6,8H,3,7H2,1-2H3. The van der Waals surface area contributed by atoms with E-state index in [-0.39, 0.29) is 12.2 Å². The Labute approximate surface area is 94.2 Å². The van der Waals surface area contributed by atoms with Crippen molar-refractivity contribution in [3.05, 3.63) is 24.3 Å². The lowest BCUT2D eigenvalue weighted by molar-refractivity contribution is -0.137. The maximum absolute atomic E-state index is 11.2. The van der Waals surface area contributed by atoms with E-state index < -0.39 is 5.97 Å². The first-order chi connectivity index (χ1) is 7.61. The highest BCUT2D eigenvalue weighted by Gasteiger charge is 2.08. The van der Waals surface area contributed by atoms with Gasteiger partial charge in [0.05, 0.1) is 6.61 Å². The maximum Gasteiger partial charge on any atom is 0.318 e. The van der Waals surface area contributed by atoms with Crippen molar-refractivity contribution in [1.82, 2.24) is 0 Å². The van der Waals surface area contributed by atoms with Gasteiger partial charge in [0.15, 0.2) is 0 Å². The first-order valence-corrected chi connectivity index (χ1v) is 5.04. The fourth-order valence-corrected chi connectivity index (χ4v) is 1.16. The highest BCUT2D eigenvalue weighted by molar-refractivity contribution is 5.94. The van der Waals surface area contributed by atoms with Crippen molar-refractivity contribution in [2.45, 2.75) is 20.3 Å². The number of ketones is 1. The van der Waals surface area contributed by atoms with Crippen molar-refractivity contribution < 1.29 is 19.1 Å². The van der Waals surface area contributed by atoms with Crippen molar-refractivity contribution >= 4 is 11.8 Å². The zero-order valence-corrected chi connectivity index (χ0v) is 9.36. The molecule has 0 saturated carbocycles. The summed E-state index contributed by atoms with van der Waals surface area (Å²) < 4.78 is 10.2. The molecule has 0 fully saturated rings. The Morgan fingerprint density at radius 2 is 1.94 bits per heavy atom. The van der Waals surface area contributed by atoms with Gasteiger partial charge in [0, 0.05) is 6.07 Å². The van der Waals surface area contributed by atoms with Gasteiger partial charge in [-0.3, -0.25) is 9.59 Å². The minimum Gasteiger partial charge on any atom is -0.494 e. The fourth-order valence-electron chi connectivity index (χ4n) is 1.16. The Morgan fingerprint density at radius 1 is 1.25 bits per heavy atom.